The maximum absolute atomic E-state index is 13.0. The summed E-state index contributed by atoms with van der Waals surface area (Å²) in [4.78, 5) is 20.7. The minimum atomic E-state index is -1.35. The van der Waals surface area contributed by atoms with Crippen LogP contribution in [0.1, 0.15) is 15.9 Å². The number of hydrogen-bond donors (Lipinski definition) is 1. The lowest BCUT2D eigenvalue weighted by atomic mass is 10.1. The Morgan fingerprint density at radius 3 is 2.71 bits per heavy atom. The van der Waals surface area contributed by atoms with E-state index >= 15 is 0 Å². The van der Waals surface area contributed by atoms with Crippen molar-refractivity contribution < 1.29 is 19.1 Å². The number of hydrogen-bond acceptors (Lipinski definition) is 2. The molecule has 3 nitrogen and oxygen atoms in total. The topological polar surface area (TPSA) is 54.4 Å². The van der Waals surface area contributed by atoms with Gasteiger partial charge in [0.1, 0.15) is 17.7 Å². The molecule has 0 fully saturated rings. The maximum Gasteiger partial charge on any atom is 0.339 e. The molecular formula is C10H7FO3. The van der Waals surface area contributed by atoms with Crippen LogP contribution in [0.5, 0.6) is 0 Å². The van der Waals surface area contributed by atoms with Crippen molar-refractivity contribution in [1.29, 1.82) is 0 Å². The highest BCUT2D eigenvalue weighted by Gasteiger charge is 2.13. The summed E-state index contributed by atoms with van der Waals surface area (Å²) >= 11 is 0. The summed E-state index contributed by atoms with van der Waals surface area (Å²) in [5.41, 5.74) is -0.254. The summed E-state index contributed by atoms with van der Waals surface area (Å²) in [5.74, 6) is -2.17. The molecule has 0 amide bonds. The van der Waals surface area contributed by atoms with Crippen LogP contribution in [0.25, 0.3) is 6.08 Å². The Kier molecular flexibility index (Phi) is 3.12. The molecule has 4 heteroatoms. The van der Waals surface area contributed by atoms with Gasteiger partial charge < -0.3 is 5.11 Å². The van der Waals surface area contributed by atoms with E-state index in [1.165, 1.54) is 18.2 Å². The van der Waals surface area contributed by atoms with Gasteiger partial charge in [-0.2, -0.15) is 0 Å². The third-order valence-corrected chi connectivity index (χ3v) is 1.61. The Labute approximate surface area is 79.5 Å². The monoisotopic (exact) mass is 194 g/mol. The van der Waals surface area contributed by atoms with Gasteiger partial charge in [0.2, 0.25) is 0 Å². The molecule has 0 radical (unpaired) electrons. The first-order chi connectivity index (χ1) is 6.66. The lowest BCUT2D eigenvalue weighted by Gasteiger charge is -2.01. The number of carbonyl (C=O) groups excluding carboxylic acids is 1. The average molecular weight is 194 g/mol. The van der Waals surface area contributed by atoms with Crippen LogP contribution in [-0.2, 0) is 4.79 Å². The van der Waals surface area contributed by atoms with Gasteiger partial charge in [0.05, 0.1) is 0 Å². The number of aldehydes is 1. The van der Waals surface area contributed by atoms with Crippen molar-refractivity contribution >= 4 is 18.3 Å². The number of benzene rings is 1. The van der Waals surface area contributed by atoms with Gasteiger partial charge in [-0.05, 0) is 17.7 Å². The molecule has 1 aromatic rings. The Morgan fingerprint density at radius 2 is 2.14 bits per heavy atom. The van der Waals surface area contributed by atoms with Crippen molar-refractivity contribution in [3.63, 3.8) is 0 Å². The van der Waals surface area contributed by atoms with E-state index in [2.05, 4.69) is 0 Å². The van der Waals surface area contributed by atoms with E-state index in [0.29, 0.717) is 6.29 Å². The van der Waals surface area contributed by atoms with Crippen LogP contribution in [-0.4, -0.2) is 17.4 Å². The van der Waals surface area contributed by atoms with Gasteiger partial charge >= 0.3 is 5.97 Å². The number of aromatic carboxylic acids is 1. The van der Waals surface area contributed by atoms with Crippen LogP contribution >= 0.6 is 0 Å². The Bertz CT molecular complexity index is 396. The number of rotatable bonds is 3. The maximum atomic E-state index is 13.0. The van der Waals surface area contributed by atoms with Gasteiger partial charge in [-0.3, -0.25) is 4.79 Å². The normalized spacial score (nSPS) is 10.4. The van der Waals surface area contributed by atoms with E-state index in [9.17, 15) is 14.0 Å². The zero-order valence-electron chi connectivity index (χ0n) is 7.11. The molecule has 0 unspecified atom stereocenters. The summed E-state index contributed by atoms with van der Waals surface area (Å²) in [6, 6.07) is 3.86. The van der Waals surface area contributed by atoms with E-state index in [-0.39, 0.29) is 5.56 Å². The quantitative estimate of drug-likeness (QED) is 0.589. The van der Waals surface area contributed by atoms with Crippen LogP contribution in [0.15, 0.2) is 24.3 Å². The molecule has 0 aromatic heterocycles. The van der Waals surface area contributed by atoms with Crippen molar-refractivity contribution in [2.75, 3.05) is 0 Å². The Hall–Kier alpha value is -1.97. The second-order valence-corrected chi connectivity index (χ2v) is 2.50. The zero-order chi connectivity index (χ0) is 10.6. The molecule has 72 valence electrons. The van der Waals surface area contributed by atoms with Crippen LogP contribution in [0.3, 0.4) is 0 Å². The minimum absolute atomic E-state index is 0.171. The van der Waals surface area contributed by atoms with Crippen LogP contribution in [0.4, 0.5) is 4.39 Å². The largest absolute Gasteiger partial charge is 0.478 e. The minimum Gasteiger partial charge on any atom is -0.478 e. The number of carboxylic acids is 1. The first-order valence-electron chi connectivity index (χ1n) is 3.80. The highest BCUT2D eigenvalue weighted by molar-refractivity contribution is 5.93. The fraction of sp³-hybridized carbons (Fsp3) is 0. The van der Waals surface area contributed by atoms with Gasteiger partial charge in [0.15, 0.2) is 0 Å². The molecular weight excluding hydrogens is 187 g/mol. The highest BCUT2D eigenvalue weighted by atomic mass is 19.1. The molecule has 0 bridgehead atoms. The van der Waals surface area contributed by atoms with E-state index in [0.717, 1.165) is 12.1 Å². The molecule has 14 heavy (non-hydrogen) atoms. The first kappa shape index (κ1) is 10.1. The van der Waals surface area contributed by atoms with Gasteiger partial charge in [0, 0.05) is 0 Å². The van der Waals surface area contributed by atoms with Gasteiger partial charge in [-0.1, -0.05) is 18.2 Å². The second-order valence-electron chi connectivity index (χ2n) is 2.50. The second kappa shape index (κ2) is 4.32. The molecule has 0 aliphatic carbocycles. The van der Waals surface area contributed by atoms with E-state index in [4.69, 9.17) is 5.11 Å². The standard InChI is InChI=1S/C10H7FO3/c11-8-5-1-3-7(4-2-6-12)9(8)10(13)14/h1-6H,(H,13,14). The molecule has 0 heterocycles. The van der Waals surface area contributed by atoms with E-state index < -0.39 is 17.3 Å². The van der Waals surface area contributed by atoms with Crippen LogP contribution in [0.2, 0.25) is 0 Å². The lowest BCUT2D eigenvalue weighted by molar-refractivity contribution is -0.104. The van der Waals surface area contributed by atoms with Crippen molar-refractivity contribution in [3.05, 3.63) is 41.2 Å². The molecule has 0 saturated heterocycles. The van der Waals surface area contributed by atoms with E-state index in [1.54, 1.807) is 0 Å². The number of allylic oxidation sites excluding steroid dienone is 1. The summed E-state index contributed by atoms with van der Waals surface area (Å²) in [6.45, 7) is 0. The fourth-order valence-electron chi connectivity index (χ4n) is 1.05. The van der Waals surface area contributed by atoms with Gasteiger partial charge in [0.25, 0.3) is 0 Å². The molecule has 1 N–H and O–H groups in total. The number of carboxylic acid groups (broad SMARTS) is 1. The molecule has 0 aliphatic heterocycles. The van der Waals surface area contributed by atoms with Crippen molar-refractivity contribution in [2.45, 2.75) is 0 Å². The zero-order valence-corrected chi connectivity index (χ0v) is 7.11. The molecule has 0 spiro atoms. The summed E-state index contributed by atoms with van der Waals surface area (Å²) < 4.78 is 13.0. The Balaban J connectivity index is 3.27. The summed E-state index contributed by atoms with van der Waals surface area (Å²) in [6.07, 6.45) is 2.86. The molecule has 0 saturated carbocycles. The van der Waals surface area contributed by atoms with Gasteiger partial charge in [-0.15, -0.1) is 0 Å². The third kappa shape index (κ3) is 2.04. The Morgan fingerprint density at radius 1 is 1.43 bits per heavy atom. The number of halogens is 1. The number of carbonyl (C=O) groups is 2. The van der Waals surface area contributed by atoms with Crippen LogP contribution < -0.4 is 0 Å². The van der Waals surface area contributed by atoms with E-state index in [1.807, 2.05) is 0 Å². The van der Waals surface area contributed by atoms with Crippen molar-refractivity contribution in [2.24, 2.45) is 0 Å². The first-order valence-corrected chi connectivity index (χ1v) is 3.80. The van der Waals surface area contributed by atoms with Crippen molar-refractivity contribution in [3.8, 4) is 0 Å². The molecule has 0 aliphatic rings. The molecule has 1 aromatic carbocycles. The fourth-order valence-corrected chi connectivity index (χ4v) is 1.05. The third-order valence-electron chi connectivity index (χ3n) is 1.61. The summed E-state index contributed by atoms with van der Waals surface area (Å²) in [5, 5.41) is 8.68. The average Bonchev–Trinajstić information content (AvgIpc) is 2.14. The summed E-state index contributed by atoms with van der Waals surface area (Å²) in [7, 11) is 0. The lowest BCUT2D eigenvalue weighted by Crippen LogP contribution is -2.03. The van der Waals surface area contributed by atoms with Gasteiger partial charge in [-0.25, -0.2) is 9.18 Å². The predicted octanol–water partition coefficient (Wildman–Crippen LogP) is 1.74. The highest BCUT2D eigenvalue weighted by Crippen LogP contribution is 2.14. The smallest absolute Gasteiger partial charge is 0.339 e. The van der Waals surface area contributed by atoms with Crippen LogP contribution in [0, 0.1) is 5.82 Å². The molecule has 0 atom stereocenters. The molecule has 1 rings (SSSR count). The SMILES string of the molecule is O=CC=Cc1cccc(F)c1C(=O)O. The van der Waals surface area contributed by atoms with Crippen molar-refractivity contribution in [1.82, 2.24) is 0 Å². The predicted molar refractivity (Wildman–Crippen MR) is 48.5 cm³/mol.